The van der Waals surface area contributed by atoms with Gasteiger partial charge in [0.2, 0.25) is 5.91 Å². The molecule has 7 nitrogen and oxygen atoms in total. The third-order valence-electron chi connectivity index (χ3n) is 5.78. The first kappa shape index (κ1) is 19.8. The van der Waals surface area contributed by atoms with Crippen molar-refractivity contribution in [1.29, 1.82) is 0 Å². The quantitative estimate of drug-likeness (QED) is 0.628. The van der Waals surface area contributed by atoms with E-state index in [-0.39, 0.29) is 22.9 Å². The minimum atomic E-state index is -0.350. The Hall–Kier alpha value is -3.13. The number of nitrogens with zero attached hydrogens (tertiary/aromatic N) is 3. The van der Waals surface area contributed by atoms with Gasteiger partial charge < -0.3 is 14.4 Å². The molecule has 5 rings (SSSR count). The molecule has 2 aliphatic rings. The van der Waals surface area contributed by atoms with Crippen LogP contribution in [0.25, 0.3) is 5.69 Å². The summed E-state index contributed by atoms with van der Waals surface area (Å²) in [6.45, 7) is 2.65. The van der Waals surface area contributed by atoms with Crippen molar-refractivity contribution in [2.75, 3.05) is 18.9 Å². The fourth-order valence-electron chi connectivity index (χ4n) is 4.14. The van der Waals surface area contributed by atoms with Crippen LogP contribution in [0.1, 0.15) is 16.6 Å². The lowest BCUT2D eigenvalue weighted by Crippen LogP contribution is -2.43. The number of hydrogen-bond donors (Lipinski definition) is 0. The Kier molecular flexibility index (Phi) is 5.02. The third-order valence-corrected chi connectivity index (χ3v) is 7.00. The van der Waals surface area contributed by atoms with Crippen LogP contribution in [0.5, 0.6) is 11.5 Å². The van der Waals surface area contributed by atoms with Crippen molar-refractivity contribution in [3.63, 3.8) is 0 Å². The Balaban J connectivity index is 1.45. The summed E-state index contributed by atoms with van der Waals surface area (Å²) in [5.41, 5.74) is 2.18. The lowest BCUT2D eigenvalue weighted by Gasteiger charge is -2.31. The minimum Gasteiger partial charge on any atom is -0.486 e. The Morgan fingerprint density at radius 3 is 2.52 bits per heavy atom. The maximum Gasteiger partial charge on any atom is 0.277 e. The molecule has 31 heavy (non-hydrogen) atoms. The summed E-state index contributed by atoms with van der Waals surface area (Å²) in [7, 11) is 1.87. The highest BCUT2D eigenvalue weighted by Gasteiger charge is 2.39. The van der Waals surface area contributed by atoms with Crippen LogP contribution in [0.2, 0.25) is 0 Å². The molecule has 0 spiro atoms. The molecule has 1 amide bonds. The van der Waals surface area contributed by atoms with Gasteiger partial charge in [-0.05, 0) is 31.2 Å². The highest BCUT2D eigenvalue weighted by Crippen LogP contribution is 2.40. The van der Waals surface area contributed by atoms with Gasteiger partial charge in [0.1, 0.15) is 12.0 Å². The number of aromatic nitrogens is 2. The van der Waals surface area contributed by atoms with Crippen molar-refractivity contribution >= 4 is 17.7 Å². The number of thioether (sulfide) groups is 1. The van der Waals surface area contributed by atoms with Crippen LogP contribution in [-0.2, 0) is 11.8 Å². The molecule has 0 radical (unpaired) electrons. The summed E-state index contributed by atoms with van der Waals surface area (Å²) >= 11 is 1.48. The van der Waals surface area contributed by atoms with E-state index < -0.39 is 0 Å². The summed E-state index contributed by atoms with van der Waals surface area (Å²) in [4.78, 5) is 28.0. The fourth-order valence-corrected chi connectivity index (χ4v) is 5.42. The standard InChI is InChI=1S/C23H23N3O4S/c1-15-21(22(28)26(24(15)2)16-8-4-3-5-9-16)23-25(20(27)14-31-23)12-17-13-29-18-10-6-7-11-19(18)30-17/h3-11,17,23H,12-14H2,1-2H3. The predicted octanol–water partition coefficient (Wildman–Crippen LogP) is 2.90. The molecule has 8 heteroatoms. The molecule has 160 valence electrons. The van der Waals surface area contributed by atoms with Crippen molar-refractivity contribution in [3.05, 3.63) is 76.2 Å². The van der Waals surface area contributed by atoms with Gasteiger partial charge in [-0.2, -0.15) is 0 Å². The van der Waals surface area contributed by atoms with Gasteiger partial charge in [0.15, 0.2) is 17.6 Å². The van der Waals surface area contributed by atoms with E-state index in [0.717, 1.165) is 11.4 Å². The number of amides is 1. The zero-order chi connectivity index (χ0) is 21.5. The second-order valence-electron chi connectivity index (χ2n) is 7.68. The molecular weight excluding hydrogens is 414 g/mol. The Bertz CT molecular complexity index is 1190. The van der Waals surface area contributed by atoms with E-state index >= 15 is 0 Å². The molecule has 0 saturated carbocycles. The lowest BCUT2D eigenvalue weighted by molar-refractivity contribution is -0.129. The lowest BCUT2D eigenvalue weighted by atomic mass is 10.2. The molecule has 1 fully saturated rings. The highest BCUT2D eigenvalue weighted by molar-refractivity contribution is 8.00. The van der Waals surface area contributed by atoms with Gasteiger partial charge >= 0.3 is 0 Å². The van der Waals surface area contributed by atoms with Gasteiger partial charge in [-0.1, -0.05) is 30.3 Å². The van der Waals surface area contributed by atoms with Gasteiger partial charge in [0.05, 0.1) is 23.5 Å². The van der Waals surface area contributed by atoms with Gasteiger partial charge in [-0.25, -0.2) is 4.68 Å². The van der Waals surface area contributed by atoms with E-state index in [1.165, 1.54) is 11.8 Å². The molecule has 2 atom stereocenters. The van der Waals surface area contributed by atoms with E-state index in [9.17, 15) is 9.59 Å². The van der Waals surface area contributed by atoms with E-state index in [2.05, 4.69) is 0 Å². The molecule has 3 heterocycles. The fraction of sp³-hybridized carbons (Fsp3) is 0.304. The van der Waals surface area contributed by atoms with Gasteiger partial charge in [-0.3, -0.25) is 14.3 Å². The van der Waals surface area contributed by atoms with Crippen LogP contribution in [0, 0.1) is 6.92 Å². The molecule has 3 aromatic rings. The molecule has 0 bridgehead atoms. The summed E-state index contributed by atoms with van der Waals surface area (Å²) < 4.78 is 15.4. The molecule has 0 aliphatic carbocycles. The van der Waals surface area contributed by atoms with Crippen LogP contribution >= 0.6 is 11.8 Å². The van der Waals surface area contributed by atoms with Crippen LogP contribution < -0.4 is 15.0 Å². The molecule has 1 aromatic heterocycles. The second kappa shape index (κ2) is 7.85. The van der Waals surface area contributed by atoms with E-state index in [1.54, 1.807) is 9.58 Å². The molecule has 0 N–H and O–H groups in total. The van der Waals surface area contributed by atoms with Crippen molar-refractivity contribution in [3.8, 4) is 17.2 Å². The predicted molar refractivity (Wildman–Crippen MR) is 119 cm³/mol. The number of fused-ring (bicyclic) bond motifs is 1. The number of ether oxygens (including phenoxy) is 2. The second-order valence-corrected chi connectivity index (χ2v) is 8.75. The van der Waals surface area contributed by atoms with Gasteiger partial charge in [-0.15, -0.1) is 11.8 Å². The minimum absolute atomic E-state index is 0.00590. The van der Waals surface area contributed by atoms with Crippen molar-refractivity contribution in [2.45, 2.75) is 18.4 Å². The first-order chi connectivity index (χ1) is 15.0. The van der Waals surface area contributed by atoms with Crippen LogP contribution in [-0.4, -0.2) is 45.2 Å². The summed E-state index contributed by atoms with van der Waals surface area (Å²) in [6, 6.07) is 17.1. The monoisotopic (exact) mass is 437 g/mol. The molecule has 2 aromatic carbocycles. The number of carbonyl (C=O) groups is 1. The first-order valence-electron chi connectivity index (χ1n) is 10.2. The smallest absolute Gasteiger partial charge is 0.277 e. The summed E-state index contributed by atoms with van der Waals surface area (Å²) in [5, 5.41) is -0.350. The number of carbonyl (C=O) groups excluding carboxylic acids is 1. The van der Waals surface area contributed by atoms with Gasteiger partial charge in [0.25, 0.3) is 5.56 Å². The average Bonchev–Trinajstić information content (AvgIpc) is 3.24. The largest absolute Gasteiger partial charge is 0.486 e. The zero-order valence-electron chi connectivity index (χ0n) is 17.4. The Labute approximate surface area is 184 Å². The van der Waals surface area contributed by atoms with Crippen LogP contribution in [0.3, 0.4) is 0 Å². The maximum atomic E-state index is 13.4. The highest BCUT2D eigenvalue weighted by atomic mass is 32.2. The number of benzene rings is 2. The molecule has 2 aliphatic heterocycles. The third kappa shape index (κ3) is 3.40. The Morgan fingerprint density at radius 1 is 1.03 bits per heavy atom. The van der Waals surface area contributed by atoms with Gasteiger partial charge in [0, 0.05) is 12.7 Å². The molecule has 2 unspecified atom stereocenters. The van der Waals surface area contributed by atoms with Crippen molar-refractivity contribution in [2.24, 2.45) is 7.05 Å². The summed E-state index contributed by atoms with van der Waals surface area (Å²) in [6.07, 6.45) is -0.291. The SMILES string of the molecule is Cc1c(C2SCC(=O)N2CC2COc3ccccc3O2)c(=O)n(-c2ccccc2)n1C. The van der Waals surface area contributed by atoms with E-state index in [1.807, 2.05) is 73.3 Å². The van der Waals surface area contributed by atoms with Crippen LogP contribution in [0.4, 0.5) is 0 Å². The zero-order valence-corrected chi connectivity index (χ0v) is 18.2. The molecular formula is C23H23N3O4S. The number of rotatable bonds is 4. The number of para-hydroxylation sites is 3. The number of hydrogen-bond acceptors (Lipinski definition) is 5. The maximum absolute atomic E-state index is 13.4. The van der Waals surface area contributed by atoms with E-state index in [0.29, 0.717) is 36.0 Å². The normalized spacial score (nSPS) is 20.3. The van der Waals surface area contributed by atoms with Crippen LogP contribution in [0.15, 0.2) is 59.4 Å². The van der Waals surface area contributed by atoms with E-state index in [4.69, 9.17) is 9.47 Å². The molecule has 1 saturated heterocycles. The average molecular weight is 438 g/mol. The summed E-state index contributed by atoms with van der Waals surface area (Å²) in [5.74, 6) is 1.74. The topological polar surface area (TPSA) is 65.7 Å². The van der Waals surface area contributed by atoms with Crippen molar-refractivity contribution in [1.82, 2.24) is 14.3 Å². The van der Waals surface area contributed by atoms with Crippen molar-refractivity contribution < 1.29 is 14.3 Å². The first-order valence-corrected chi connectivity index (χ1v) is 11.2. The Morgan fingerprint density at radius 2 is 1.74 bits per heavy atom.